The molecule has 0 saturated heterocycles. The van der Waals surface area contributed by atoms with E-state index in [0.717, 1.165) is 6.08 Å². The van der Waals surface area contributed by atoms with Crippen LogP contribution in [0.1, 0.15) is 26.3 Å². The third-order valence-electron chi connectivity index (χ3n) is 2.33. The van der Waals surface area contributed by atoms with Crippen LogP contribution in [0.25, 0.3) is 6.08 Å². The Balaban J connectivity index is 2.61. The lowest BCUT2D eigenvalue weighted by molar-refractivity contribution is -0.384. The summed E-state index contributed by atoms with van der Waals surface area (Å²) in [5.41, 5.74) is -0.534. The van der Waals surface area contributed by atoms with Crippen molar-refractivity contribution in [3.63, 3.8) is 0 Å². The van der Waals surface area contributed by atoms with E-state index >= 15 is 0 Å². The number of carbonyl (C=O) groups excluding carboxylic acids is 2. The first-order valence-electron chi connectivity index (χ1n) is 6.59. The molecule has 0 spiro atoms. The second kappa shape index (κ2) is 7.73. The van der Waals surface area contributed by atoms with Gasteiger partial charge in [-0.25, -0.2) is 9.59 Å². The number of hydrogen-bond acceptors (Lipinski definition) is 6. The topological polar surface area (TPSA) is 95.7 Å². The first kappa shape index (κ1) is 18.6. The van der Waals surface area contributed by atoms with E-state index in [2.05, 4.69) is 0 Å². The van der Waals surface area contributed by atoms with Gasteiger partial charge in [0.1, 0.15) is 10.6 Å². The zero-order valence-corrected chi connectivity index (χ0v) is 13.6. The number of nitro groups is 1. The smallest absolute Gasteiger partial charge is 0.344 e. The highest BCUT2D eigenvalue weighted by molar-refractivity contribution is 6.32. The fourth-order valence-electron chi connectivity index (χ4n) is 1.49. The van der Waals surface area contributed by atoms with E-state index in [9.17, 15) is 19.7 Å². The summed E-state index contributed by atoms with van der Waals surface area (Å²) < 4.78 is 9.69. The lowest BCUT2D eigenvalue weighted by atomic mass is 10.2. The molecule has 0 N–H and O–H groups in total. The molecule has 0 aromatic heterocycles. The first-order valence-corrected chi connectivity index (χ1v) is 6.97. The number of hydrogen-bond donors (Lipinski definition) is 0. The van der Waals surface area contributed by atoms with Crippen LogP contribution in [0.4, 0.5) is 5.69 Å². The van der Waals surface area contributed by atoms with Crippen molar-refractivity contribution in [2.45, 2.75) is 26.4 Å². The molecule has 0 saturated carbocycles. The average Bonchev–Trinajstić information content (AvgIpc) is 2.42. The zero-order chi connectivity index (χ0) is 17.6. The van der Waals surface area contributed by atoms with Crippen LogP contribution < -0.4 is 0 Å². The number of esters is 2. The molecule has 1 aromatic carbocycles. The van der Waals surface area contributed by atoms with Gasteiger partial charge in [0.2, 0.25) is 0 Å². The summed E-state index contributed by atoms with van der Waals surface area (Å²) in [5.74, 6) is -1.44. The summed E-state index contributed by atoms with van der Waals surface area (Å²) in [4.78, 5) is 33.0. The molecule has 0 amide bonds. The molecule has 0 aliphatic rings. The second-order valence-corrected chi connectivity index (χ2v) is 5.90. The number of nitro benzene ring substituents is 1. The largest absolute Gasteiger partial charge is 0.457 e. The molecule has 7 nitrogen and oxygen atoms in total. The van der Waals surface area contributed by atoms with Crippen LogP contribution in [0.2, 0.25) is 5.02 Å². The highest BCUT2D eigenvalue weighted by Gasteiger charge is 2.17. The van der Waals surface area contributed by atoms with Crippen LogP contribution in [0.15, 0.2) is 24.3 Å². The minimum Gasteiger partial charge on any atom is -0.457 e. The number of ether oxygens (including phenoxy) is 2. The van der Waals surface area contributed by atoms with Gasteiger partial charge in [0.15, 0.2) is 6.61 Å². The SMILES string of the molecule is CC(C)(C)OC(=O)COC(=O)C=Cc1ccc(Cl)c([N+](=O)[O-])c1. The molecule has 0 aliphatic carbocycles. The van der Waals surface area contributed by atoms with Crippen molar-refractivity contribution in [2.75, 3.05) is 6.61 Å². The van der Waals surface area contributed by atoms with Gasteiger partial charge in [-0.15, -0.1) is 0 Å². The number of benzene rings is 1. The summed E-state index contributed by atoms with van der Waals surface area (Å²) >= 11 is 5.68. The highest BCUT2D eigenvalue weighted by atomic mass is 35.5. The van der Waals surface area contributed by atoms with Gasteiger partial charge in [-0.2, -0.15) is 0 Å². The van der Waals surface area contributed by atoms with Crippen molar-refractivity contribution in [2.24, 2.45) is 0 Å². The second-order valence-electron chi connectivity index (χ2n) is 5.50. The van der Waals surface area contributed by atoms with Gasteiger partial charge in [-0.05, 0) is 38.5 Å². The standard InChI is InChI=1S/C15H16ClNO6/c1-15(2,3)23-14(19)9-22-13(18)7-5-10-4-6-11(16)12(8-10)17(20)21/h4-8H,9H2,1-3H3. The Hall–Kier alpha value is -2.41. The summed E-state index contributed by atoms with van der Waals surface area (Å²) in [6.45, 7) is 4.57. The molecule has 0 radical (unpaired) electrons. The molecule has 0 bridgehead atoms. The van der Waals surface area contributed by atoms with Crippen LogP contribution in [0.5, 0.6) is 0 Å². The molecule has 23 heavy (non-hydrogen) atoms. The van der Waals surface area contributed by atoms with Gasteiger partial charge in [0.05, 0.1) is 4.92 Å². The molecule has 1 aromatic rings. The van der Waals surface area contributed by atoms with Crippen LogP contribution in [0, 0.1) is 10.1 Å². The minimum atomic E-state index is -0.770. The third kappa shape index (κ3) is 6.92. The van der Waals surface area contributed by atoms with Gasteiger partial charge in [0, 0.05) is 12.1 Å². The van der Waals surface area contributed by atoms with Gasteiger partial charge in [-0.1, -0.05) is 17.7 Å². The zero-order valence-electron chi connectivity index (χ0n) is 12.9. The molecule has 0 atom stereocenters. The van der Waals surface area contributed by atoms with Gasteiger partial charge in [-0.3, -0.25) is 10.1 Å². The molecule has 0 fully saturated rings. The fourth-order valence-corrected chi connectivity index (χ4v) is 1.67. The normalized spacial score (nSPS) is 11.3. The number of carbonyl (C=O) groups is 2. The quantitative estimate of drug-likeness (QED) is 0.353. The Kier molecular flexibility index (Phi) is 6.27. The van der Waals surface area contributed by atoms with E-state index in [0.29, 0.717) is 5.56 Å². The summed E-state index contributed by atoms with van der Waals surface area (Å²) in [7, 11) is 0. The molecule has 1 rings (SSSR count). The average molecular weight is 342 g/mol. The molecule has 0 aliphatic heterocycles. The Morgan fingerprint density at radius 3 is 2.57 bits per heavy atom. The van der Waals surface area contributed by atoms with E-state index in [1.165, 1.54) is 24.3 Å². The third-order valence-corrected chi connectivity index (χ3v) is 2.65. The van der Waals surface area contributed by atoms with E-state index in [-0.39, 0.29) is 10.7 Å². The molecular weight excluding hydrogens is 326 g/mol. The van der Waals surface area contributed by atoms with E-state index in [4.69, 9.17) is 21.1 Å². The van der Waals surface area contributed by atoms with Crippen molar-refractivity contribution < 1.29 is 24.0 Å². The lowest BCUT2D eigenvalue weighted by Gasteiger charge is -2.19. The maximum Gasteiger partial charge on any atom is 0.344 e. The van der Waals surface area contributed by atoms with E-state index in [1.54, 1.807) is 20.8 Å². The summed E-state index contributed by atoms with van der Waals surface area (Å²) in [6.07, 6.45) is 2.37. The fraction of sp³-hybridized carbons (Fsp3) is 0.333. The van der Waals surface area contributed by atoms with Crippen molar-refractivity contribution in [1.29, 1.82) is 0 Å². The Bertz CT molecular complexity index is 648. The van der Waals surface area contributed by atoms with Crippen molar-refractivity contribution >= 4 is 35.3 Å². The number of nitrogens with zero attached hydrogens (tertiary/aromatic N) is 1. The Morgan fingerprint density at radius 1 is 1.35 bits per heavy atom. The van der Waals surface area contributed by atoms with Crippen LogP contribution in [-0.2, 0) is 19.1 Å². The summed E-state index contributed by atoms with van der Waals surface area (Å²) in [6, 6.07) is 4.08. The lowest BCUT2D eigenvalue weighted by Crippen LogP contribution is -2.27. The Morgan fingerprint density at radius 2 is 2.00 bits per heavy atom. The van der Waals surface area contributed by atoms with Crippen molar-refractivity contribution in [3.05, 3.63) is 45.0 Å². The van der Waals surface area contributed by atoms with E-state index < -0.39 is 29.1 Å². The van der Waals surface area contributed by atoms with Crippen LogP contribution in [-0.4, -0.2) is 29.1 Å². The predicted molar refractivity (Wildman–Crippen MR) is 83.9 cm³/mol. The first-order chi connectivity index (χ1) is 10.6. The number of rotatable bonds is 5. The minimum absolute atomic E-state index is 0.000322. The monoisotopic (exact) mass is 341 g/mol. The molecule has 8 heteroatoms. The highest BCUT2D eigenvalue weighted by Crippen LogP contribution is 2.25. The molecule has 124 valence electrons. The maximum atomic E-state index is 11.5. The van der Waals surface area contributed by atoms with Crippen molar-refractivity contribution in [1.82, 2.24) is 0 Å². The summed E-state index contributed by atoms with van der Waals surface area (Å²) in [5, 5.41) is 10.8. The molecule has 0 unspecified atom stereocenters. The Labute approximate surface area is 138 Å². The van der Waals surface area contributed by atoms with Gasteiger partial charge in [0.25, 0.3) is 5.69 Å². The molecular formula is C15H16ClNO6. The number of halogens is 1. The van der Waals surface area contributed by atoms with Crippen LogP contribution >= 0.6 is 11.6 Å². The van der Waals surface area contributed by atoms with E-state index in [1.807, 2.05) is 0 Å². The van der Waals surface area contributed by atoms with Crippen molar-refractivity contribution in [3.8, 4) is 0 Å². The van der Waals surface area contributed by atoms with Gasteiger partial charge >= 0.3 is 11.9 Å². The molecule has 0 heterocycles. The maximum absolute atomic E-state index is 11.5. The van der Waals surface area contributed by atoms with Gasteiger partial charge < -0.3 is 9.47 Å². The predicted octanol–water partition coefficient (Wildman–Crippen LogP) is 3.15. The van der Waals surface area contributed by atoms with Crippen LogP contribution in [0.3, 0.4) is 0 Å².